The minimum absolute atomic E-state index is 0.103. The molecule has 0 bridgehead atoms. The molecule has 0 fully saturated rings. The third-order valence-electron chi connectivity index (χ3n) is 4.51. The predicted octanol–water partition coefficient (Wildman–Crippen LogP) is 5.68. The largest absolute Gasteiger partial charge is 0.461 e. The van der Waals surface area contributed by atoms with Gasteiger partial charge in [-0.2, -0.15) is 0 Å². The summed E-state index contributed by atoms with van der Waals surface area (Å²) < 4.78 is 5.15. The molecule has 0 aliphatic heterocycles. The first-order chi connectivity index (χ1) is 12.3. The van der Waals surface area contributed by atoms with E-state index in [1.165, 1.54) is 5.56 Å². The summed E-state index contributed by atoms with van der Waals surface area (Å²) in [7, 11) is 0. The van der Waals surface area contributed by atoms with Gasteiger partial charge in [-0.3, -0.25) is 0 Å². The number of hydrogen-bond donors (Lipinski definition) is 0. The molecule has 0 aliphatic carbocycles. The summed E-state index contributed by atoms with van der Waals surface area (Å²) in [5, 5.41) is 1.04. The zero-order valence-electron chi connectivity index (χ0n) is 16.1. The van der Waals surface area contributed by atoms with Crippen molar-refractivity contribution in [1.82, 2.24) is 4.98 Å². The summed E-state index contributed by atoms with van der Waals surface area (Å²) in [5.74, 6) is -0.387. The number of esters is 1. The highest BCUT2D eigenvalue weighted by molar-refractivity contribution is 5.99. The maximum Gasteiger partial charge on any atom is 0.356 e. The standard InChI is InChI=1S/C23H25NO2/c1-6-26-22(25)21-14-18(19-13-15(2)7-12-20(19)24-21)16-8-10-17(11-9-16)23(3,4)5/h7-14H,6H2,1-5H3. The van der Waals surface area contributed by atoms with Gasteiger partial charge in [-0.25, -0.2) is 9.78 Å². The quantitative estimate of drug-likeness (QED) is 0.572. The average molecular weight is 347 g/mol. The molecule has 0 atom stereocenters. The van der Waals surface area contributed by atoms with Crippen molar-refractivity contribution in [1.29, 1.82) is 0 Å². The molecule has 3 heteroatoms. The number of rotatable bonds is 3. The van der Waals surface area contributed by atoms with Gasteiger partial charge in [-0.1, -0.05) is 56.7 Å². The Kier molecular flexibility index (Phi) is 4.82. The first-order valence-corrected chi connectivity index (χ1v) is 8.99. The number of aromatic nitrogens is 1. The lowest BCUT2D eigenvalue weighted by molar-refractivity contribution is 0.0520. The van der Waals surface area contributed by atoms with Crippen molar-refractivity contribution in [3.8, 4) is 11.1 Å². The van der Waals surface area contributed by atoms with Gasteiger partial charge >= 0.3 is 5.97 Å². The number of nitrogens with zero attached hydrogens (tertiary/aromatic N) is 1. The molecular formula is C23H25NO2. The highest BCUT2D eigenvalue weighted by Crippen LogP contribution is 2.31. The Balaban J connectivity index is 2.19. The van der Waals surface area contributed by atoms with Crippen LogP contribution in [-0.4, -0.2) is 17.6 Å². The van der Waals surface area contributed by atoms with Crippen LogP contribution in [-0.2, 0) is 10.2 Å². The number of ether oxygens (including phenoxy) is 1. The summed E-state index contributed by atoms with van der Waals surface area (Å²) in [6.07, 6.45) is 0. The van der Waals surface area contributed by atoms with Gasteiger partial charge in [0.05, 0.1) is 12.1 Å². The molecule has 134 valence electrons. The lowest BCUT2D eigenvalue weighted by atomic mass is 9.86. The minimum Gasteiger partial charge on any atom is -0.461 e. The third kappa shape index (κ3) is 3.62. The van der Waals surface area contributed by atoms with Crippen LogP contribution in [0.2, 0.25) is 0 Å². The van der Waals surface area contributed by atoms with E-state index in [1.54, 1.807) is 6.92 Å². The van der Waals surface area contributed by atoms with E-state index in [0.717, 1.165) is 27.6 Å². The fourth-order valence-corrected chi connectivity index (χ4v) is 3.04. The van der Waals surface area contributed by atoms with Crippen molar-refractivity contribution in [2.24, 2.45) is 0 Å². The van der Waals surface area contributed by atoms with Gasteiger partial charge in [0.2, 0.25) is 0 Å². The zero-order valence-corrected chi connectivity index (χ0v) is 16.1. The second-order valence-electron chi connectivity index (χ2n) is 7.62. The summed E-state index contributed by atoms with van der Waals surface area (Å²) in [5.41, 5.74) is 5.76. The zero-order chi connectivity index (χ0) is 18.9. The SMILES string of the molecule is CCOC(=O)c1cc(-c2ccc(C(C)(C)C)cc2)c2cc(C)ccc2n1. The normalized spacial score (nSPS) is 11.6. The molecule has 3 nitrogen and oxygen atoms in total. The highest BCUT2D eigenvalue weighted by Gasteiger charge is 2.16. The summed E-state index contributed by atoms with van der Waals surface area (Å²) in [4.78, 5) is 16.7. The van der Waals surface area contributed by atoms with E-state index in [9.17, 15) is 4.79 Å². The number of carbonyl (C=O) groups excluding carboxylic acids is 1. The second-order valence-corrected chi connectivity index (χ2v) is 7.62. The van der Waals surface area contributed by atoms with E-state index >= 15 is 0 Å². The number of carbonyl (C=O) groups is 1. The second kappa shape index (κ2) is 6.91. The van der Waals surface area contributed by atoms with Crippen LogP contribution < -0.4 is 0 Å². The topological polar surface area (TPSA) is 39.2 Å². The molecule has 26 heavy (non-hydrogen) atoms. The maximum atomic E-state index is 12.2. The number of fused-ring (bicyclic) bond motifs is 1. The Bertz CT molecular complexity index is 950. The van der Waals surface area contributed by atoms with Crippen LogP contribution in [0.1, 0.15) is 49.3 Å². The van der Waals surface area contributed by atoms with Crippen LogP contribution in [0.3, 0.4) is 0 Å². The van der Waals surface area contributed by atoms with Crippen LogP contribution in [0.15, 0.2) is 48.5 Å². The predicted molar refractivity (Wildman–Crippen MR) is 107 cm³/mol. The molecule has 2 aromatic carbocycles. The third-order valence-corrected chi connectivity index (χ3v) is 4.51. The number of aryl methyl sites for hydroxylation is 1. The van der Waals surface area contributed by atoms with Crippen molar-refractivity contribution in [3.63, 3.8) is 0 Å². The van der Waals surface area contributed by atoms with E-state index in [4.69, 9.17) is 4.74 Å². The van der Waals surface area contributed by atoms with Gasteiger partial charge in [0.25, 0.3) is 0 Å². The molecule has 0 spiro atoms. The smallest absolute Gasteiger partial charge is 0.356 e. The molecule has 0 N–H and O–H groups in total. The van der Waals surface area contributed by atoms with Crippen LogP contribution in [0.4, 0.5) is 0 Å². The number of benzene rings is 2. The van der Waals surface area contributed by atoms with Gasteiger partial charge in [0.1, 0.15) is 5.69 Å². The van der Waals surface area contributed by atoms with E-state index in [-0.39, 0.29) is 11.4 Å². The van der Waals surface area contributed by atoms with E-state index < -0.39 is 0 Å². The molecule has 0 amide bonds. The Morgan fingerprint density at radius 2 is 1.73 bits per heavy atom. The van der Waals surface area contributed by atoms with Crippen molar-refractivity contribution in [2.45, 2.75) is 40.0 Å². The van der Waals surface area contributed by atoms with Crippen molar-refractivity contribution in [2.75, 3.05) is 6.61 Å². The molecule has 1 heterocycles. The lowest BCUT2D eigenvalue weighted by Gasteiger charge is -2.19. The molecule has 0 saturated carbocycles. The Morgan fingerprint density at radius 1 is 1.04 bits per heavy atom. The molecule has 0 radical (unpaired) electrons. The molecule has 0 aliphatic rings. The van der Waals surface area contributed by atoms with Gasteiger partial charge in [-0.05, 0) is 54.2 Å². The molecule has 3 rings (SSSR count). The van der Waals surface area contributed by atoms with Gasteiger partial charge in [-0.15, -0.1) is 0 Å². The van der Waals surface area contributed by atoms with Crippen molar-refractivity contribution < 1.29 is 9.53 Å². The number of hydrogen-bond acceptors (Lipinski definition) is 3. The van der Waals surface area contributed by atoms with Gasteiger partial charge in [0.15, 0.2) is 0 Å². The van der Waals surface area contributed by atoms with E-state index in [1.807, 2.05) is 18.2 Å². The minimum atomic E-state index is -0.387. The molecule has 0 saturated heterocycles. The molecule has 3 aromatic rings. The van der Waals surface area contributed by atoms with E-state index in [0.29, 0.717) is 12.3 Å². The van der Waals surface area contributed by atoms with Gasteiger partial charge < -0.3 is 4.74 Å². The van der Waals surface area contributed by atoms with Crippen LogP contribution in [0, 0.1) is 6.92 Å². The highest BCUT2D eigenvalue weighted by atomic mass is 16.5. The van der Waals surface area contributed by atoms with Crippen molar-refractivity contribution >= 4 is 16.9 Å². The Morgan fingerprint density at radius 3 is 2.35 bits per heavy atom. The fraction of sp³-hybridized carbons (Fsp3) is 0.304. The van der Waals surface area contributed by atoms with Gasteiger partial charge in [0, 0.05) is 5.39 Å². The van der Waals surface area contributed by atoms with Crippen molar-refractivity contribution in [3.05, 3.63) is 65.4 Å². The first kappa shape index (κ1) is 18.1. The molecular weight excluding hydrogens is 322 g/mol. The lowest BCUT2D eigenvalue weighted by Crippen LogP contribution is -2.10. The molecule has 0 unspecified atom stereocenters. The Labute approximate surface area is 155 Å². The summed E-state index contributed by atoms with van der Waals surface area (Å²) in [6.45, 7) is 10.8. The fourth-order valence-electron chi connectivity index (χ4n) is 3.04. The summed E-state index contributed by atoms with van der Waals surface area (Å²) in [6, 6.07) is 16.5. The monoisotopic (exact) mass is 347 g/mol. The van der Waals surface area contributed by atoms with Crippen LogP contribution in [0.25, 0.3) is 22.0 Å². The average Bonchev–Trinajstić information content (AvgIpc) is 2.60. The van der Waals surface area contributed by atoms with E-state index in [2.05, 4.69) is 63.0 Å². The first-order valence-electron chi connectivity index (χ1n) is 8.99. The summed E-state index contributed by atoms with van der Waals surface area (Å²) >= 11 is 0. The molecule has 1 aromatic heterocycles. The Hall–Kier alpha value is -2.68. The van der Waals surface area contributed by atoms with Crippen LogP contribution >= 0.6 is 0 Å². The number of pyridine rings is 1. The maximum absolute atomic E-state index is 12.2. The van der Waals surface area contributed by atoms with Crippen LogP contribution in [0.5, 0.6) is 0 Å².